The van der Waals surface area contributed by atoms with Gasteiger partial charge in [-0.15, -0.1) is 0 Å². The largest absolute Gasteiger partial charge is 0.493 e. The summed E-state index contributed by atoms with van der Waals surface area (Å²) in [6, 6.07) is 5.85. The van der Waals surface area contributed by atoms with Crippen LogP contribution >= 0.6 is 0 Å². The van der Waals surface area contributed by atoms with Crippen molar-refractivity contribution in [1.82, 2.24) is 15.1 Å². The molecule has 0 saturated carbocycles. The van der Waals surface area contributed by atoms with Crippen LogP contribution in [0, 0.1) is 0 Å². The zero-order chi connectivity index (χ0) is 34.7. The molecule has 3 aliphatic heterocycles. The number of imide groups is 1. The van der Waals surface area contributed by atoms with Gasteiger partial charge in [-0.3, -0.25) is 14.5 Å². The number of anilines is 1. The quantitative estimate of drug-likeness (QED) is 0.337. The maximum atomic E-state index is 13.6. The molecule has 5 rings (SSSR count). The van der Waals surface area contributed by atoms with Gasteiger partial charge >= 0.3 is 18.4 Å². The van der Waals surface area contributed by atoms with Crippen molar-refractivity contribution in [3.8, 4) is 5.75 Å². The monoisotopic (exact) mass is 668 g/mol. The molecule has 2 saturated heterocycles. The summed E-state index contributed by atoms with van der Waals surface area (Å²) in [7, 11) is 0. The molecule has 4 amide bonds. The van der Waals surface area contributed by atoms with Crippen molar-refractivity contribution in [3.05, 3.63) is 64.7 Å². The van der Waals surface area contributed by atoms with Crippen LogP contribution in [0.15, 0.2) is 42.5 Å². The lowest BCUT2D eigenvalue weighted by atomic mass is 9.89. The number of halogens is 6. The van der Waals surface area contributed by atoms with Gasteiger partial charge in [0.15, 0.2) is 0 Å². The summed E-state index contributed by atoms with van der Waals surface area (Å²) < 4.78 is 87.0. The fraction of sp³-hybridized carbons (Fsp3) is 0.469. The number of nitrogens with one attached hydrogen (secondary N) is 1. The van der Waals surface area contributed by atoms with Crippen LogP contribution in [-0.4, -0.2) is 83.4 Å². The molecule has 254 valence electrons. The lowest BCUT2D eigenvalue weighted by Crippen LogP contribution is -2.60. The first-order valence-electron chi connectivity index (χ1n) is 14.9. The number of fused-ring (bicyclic) bond motifs is 1. The predicted molar refractivity (Wildman–Crippen MR) is 158 cm³/mol. The molecule has 0 radical (unpaired) electrons. The van der Waals surface area contributed by atoms with E-state index in [4.69, 9.17) is 4.74 Å². The van der Waals surface area contributed by atoms with Gasteiger partial charge in [-0.1, -0.05) is 24.3 Å². The van der Waals surface area contributed by atoms with Crippen molar-refractivity contribution in [2.45, 2.75) is 69.7 Å². The molecule has 0 bridgehead atoms. The van der Waals surface area contributed by atoms with Gasteiger partial charge in [-0.05, 0) is 68.7 Å². The molecule has 2 fully saturated rings. The van der Waals surface area contributed by atoms with E-state index in [1.54, 1.807) is 50.8 Å². The second-order valence-corrected chi connectivity index (χ2v) is 12.2. The standard InChI is InChI=1S/C32H34F6N4O5/c1-5-6-20-13-23(30(46,31(33,34)35)32(36,37)38)7-9-24(20)40-15-19(3)41(16-18(40)2)26(43)17-42-27(44)29(4,39-28(42)45)22-8-10-25-21(14-22)11-12-47-25/h5-10,13-14,18-19,46H,11-12,15-17H2,1-4H3,(H,39,45)/t18?,19?,29-/m1/s1. The van der Waals surface area contributed by atoms with E-state index in [1.807, 2.05) is 0 Å². The Morgan fingerprint density at radius 3 is 2.36 bits per heavy atom. The zero-order valence-corrected chi connectivity index (χ0v) is 26.0. The van der Waals surface area contributed by atoms with E-state index in [-0.39, 0.29) is 18.7 Å². The first-order valence-corrected chi connectivity index (χ1v) is 14.9. The number of amides is 4. The first-order chi connectivity index (χ1) is 21.8. The Morgan fingerprint density at radius 2 is 1.72 bits per heavy atom. The van der Waals surface area contributed by atoms with Crippen molar-refractivity contribution in [3.63, 3.8) is 0 Å². The number of ether oxygens (including phenoxy) is 1. The molecule has 3 heterocycles. The summed E-state index contributed by atoms with van der Waals surface area (Å²) in [6.07, 6.45) is -8.62. The van der Waals surface area contributed by atoms with Crippen LogP contribution in [-0.2, 0) is 27.1 Å². The van der Waals surface area contributed by atoms with Crippen LogP contribution in [0.3, 0.4) is 0 Å². The summed E-state index contributed by atoms with van der Waals surface area (Å²) in [5.74, 6) is -0.396. The molecule has 47 heavy (non-hydrogen) atoms. The van der Waals surface area contributed by atoms with E-state index in [0.717, 1.165) is 16.5 Å². The lowest BCUT2D eigenvalue weighted by Gasteiger charge is -2.46. The number of urea groups is 1. The van der Waals surface area contributed by atoms with E-state index in [0.29, 0.717) is 42.2 Å². The highest BCUT2D eigenvalue weighted by molar-refractivity contribution is 6.09. The summed E-state index contributed by atoms with van der Waals surface area (Å²) in [5, 5.41) is 12.6. The minimum Gasteiger partial charge on any atom is -0.493 e. The Labute approximate surface area is 266 Å². The molecule has 0 aliphatic carbocycles. The van der Waals surface area contributed by atoms with Crippen LogP contribution in [0.4, 0.5) is 36.8 Å². The average molecular weight is 669 g/mol. The van der Waals surface area contributed by atoms with Gasteiger partial charge in [0.25, 0.3) is 11.5 Å². The summed E-state index contributed by atoms with van der Waals surface area (Å²) in [6.45, 7) is 6.74. The third kappa shape index (κ3) is 5.68. The third-order valence-electron chi connectivity index (χ3n) is 9.06. The maximum absolute atomic E-state index is 13.6. The Balaban J connectivity index is 1.34. The number of rotatable bonds is 6. The Hall–Kier alpha value is -4.27. The number of allylic oxidation sites excluding steroid dienone is 1. The fourth-order valence-corrected chi connectivity index (χ4v) is 6.41. The number of carbonyl (C=O) groups is 3. The normalized spacial score (nSPS) is 23.8. The number of alkyl halides is 6. The molecule has 2 N–H and O–H groups in total. The SMILES string of the molecule is CC=Cc1cc(C(O)(C(F)(F)F)C(F)(F)F)ccc1N1CC(C)N(C(=O)CN2C(=O)N[C@](C)(c3ccc4c(c3)CCO4)C2=O)CC1C. The van der Waals surface area contributed by atoms with Crippen LogP contribution in [0.1, 0.15) is 49.9 Å². The molecule has 15 heteroatoms. The Morgan fingerprint density at radius 1 is 1.04 bits per heavy atom. The Kier molecular flexibility index (Phi) is 8.52. The van der Waals surface area contributed by atoms with Gasteiger partial charge in [-0.2, -0.15) is 26.3 Å². The van der Waals surface area contributed by atoms with Gasteiger partial charge < -0.3 is 25.0 Å². The molecule has 0 aromatic heterocycles. The van der Waals surface area contributed by atoms with Gasteiger partial charge in [0.1, 0.15) is 17.8 Å². The van der Waals surface area contributed by atoms with Crippen LogP contribution in [0.25, 0.3) is 6.08 Å². The van der Waals surface area contributed by atoms with Crippen LogP contribution in [0.2, 0.25) is 0 Å². The second-order valence-electron chi connectivity index (χ2n) is 12.2. The van der Waals surface area contributed by atoms with Crippen molar-refractivity contribution in [2.75, 3.05) is 31.1 Å². The molecule has 2 aromatic carbocycles. The molecule has 2 unspecified atom stereocenters. The molecular weight excluding hydrogens is 634 g/mol. The molecular formula is C32H34F6N4O5. The number of hydrogen-bond donors (Lipinski definition) is 2. The van der Waals surface area contributed by atoms with Crippen LogP contribution < -0.4 is 15.0 Å². The van der Waals surface area contributed by atoms with Crippen molar-refractivity contribution in [2.24, 2.45) is 0 Å². The van der Waals surface area contributed by atoms with E-state index >= 15 is 0 Å². The molecule has 3 aliphatic rings. The van der Waals surface area contributed by atoms with E-state index in [9.17, 15) is 45.8 Å². The highest BCUT2D eigenvalue weighted by Gasteiger charge is 2.71. The Bertz CT molecular complexity index is 1610. The van der Waals surface area contributed by atoms with Crippen molar-refractivity contribution >= 4 is 29.6 Å². The first kappa shape index (κ1) is 34.1. The number of hydrogen-bond acceptors (Lipinski definition) is 6. The lowest BCUT2D eigenvalue weighted by molar-refractivity contribution is -0.376. The fourth-order valence-electron chi connectivity index (χ4n) is 6.41. The molecule has 0 spiro atoms. The van der Waals surface area contributed by atoms with Gasteiger partial charge in [0.2, 0.25) is 5.91 Å². The minimum absolute atomic E-state index is 0.00693. The number of carbonyl (C=O) groups excluding carboxylic acids is 3. The number of nitrogens with zero attached hydrogens (tertiary/aromatic N) is 3. The molecule has 2 aromatic rings. The van der Waals surface area contributed by atoms with E-state index in [2.05, 4.69) is 5.32 Å². The second kappa shape index (κ2) is 11.8. The number of piperazine rings is 1. The smallest absolute Gasteiger partial charge is 0.430 e. The predicted octanol–water partition coefficient (Wildman–Crippen LogP) is 4.86. The van der Waals surface area contributed by atoms with E-state index < -0.39 is 65.5 Å². The highest BCUT2D eigenvalue weighted by atomic mass is 19.4. The summed E-state index contributed by atoms with van der Waals surface area (Å²) >= 11 is 0. The van der Waals surface area contributed by atoms with Gasteiger partial charge in [0.05, 0.1) is 6.61 Å². The topological polar surface area (TPSA) is 102 Å². The minimum atomic E-state index is -6.03. The maximum Gasteiger partial charge on any atom is 0.430 e. The van der Waals surface area contributed by atoms with Crippen molar-refractivity contribution in [1.29, 1.82) is 0 Å². The average Bonchev–Trinajstić information content (AvgIpc) is 3.55. The third-order valence-corrected chi connectivity index (χ3v) is 9.06. The van der Waals surface area contributed by atoms with E-state index in [1.165, 1.54) is 17.1 Å². The van der Waals surface area contributed by atoms with Gasteiger partial charge in [0, 0.05) is 42.8 Å². The highest BCUT2D eigenvalue weighted by Crippen LogP contribution is 2.50. The number of aliphatic hydroxyl groups is 1. The van der Waals surface area contributed by atoms with Crippen molar-refractivity contribution < 1.29 is 50.6 Å². The zero-order valence-electron chi connectivity index (χ0n) is 26.0. The molecule has 9 nitrogen and oxygen atoms in total. The van der Waals surface area contributed by atoms with Crippen LogP contribution in [0.5, 0.6) is 5.75 Å². The van der Waals surface area contributed by atoms with Gasteiger partial charge in [-0.25, -0.2) is 4.79 Å². The number of benzene rings is 2. The summed E-state index contributed by atoms with van der Waals surface area (Å²) in [4.78, 5) is 44.1. The molecule has 3 atom stereocenters. The summed E-state index contributed by atoms with van der Waals surface area (Å²) in [5.41, 5.74) is -6.09.